The minimum Gasteiger partial charge on any atom is -0.489 e. The molecule has 2 amide bonds. The molecular weight excluding hydrogens is 540 g/mol. The first kappa shape index (κ1) is 26.1. The van der Waals surface area contributed by atoms with Crippen molar-refractivity contribution in [2.45, 2.75) is 19.0 Å². The number of aromatic nitrogens is 3. The van der Waals surface area contributed by atoms with Gasteiger partial charge in [0.25, 0.3) is 11.8 Å². The number of carbonyl (C=O) groups is 2. The zero-order valence-corrected chi connectivity index (χ0v) is 22.8. The maximum atomic E-state index is 13.6. The van der Waals surface area contributed by atoms with Gasteiger partial charge in [-0.15, -0.1) is 0 Å². The molecule has 9 nitrogen and oxygen atoms in total. The number of fused-ring (bicyclic) bond motifs is 2. The van der Waals surface area contributed by atoms with Gasteiger partial charge in [-0.05, 0) is 48.2 Å². The zero-order valence-electron chi connectivity index (χ0n) is 22.0. The molecular formula is C31H23ClN6O3. The highest BCUT2D eigenvalue weighted by molar-refractivity contribution is 6.31. The van der Waals surface area contributed by atoms with E-state index in [2.05, 4.69) is 21.9 Å². The van der Waals surface area contributed by atoms with Crippen LogP contribution in [0.3, 0.4) is 0 Å². The fourth-order valence-corrected chi connectivity index (χ4v) is 5.27. The van der Waals surface area contributed by atoms with Gasteiger partial charge in [-0.3, -0.25) is 9.59 Å². The number of halogens is 1. The molecule has 4 aromatic rings. The molecule has 0 saturated carbocycles. The molecule has 0 aliphatic carbocycles. The van der Waals surface area contributed by atoms with Crippen molar-refractivity contribution in [1.29, 1.82) is 5.26 Å². The molecule has 0 fully saturated rings. The van der Waals surface area contributed by atoms with Crippen LogP contribution in [0.2, 0.25) is 5.15 Å². The van der Waals surface area contributed by atoms with E-state index >= 15 is 0 Å². The van der Waals surface area contributed by atoms with Gasteiger partial charge in [-0.1, -0.05) is 53.9 Å². The Morgan fingerprint density at radius 3 is 2.66 bits per heavy atom. The Labute approximate surface area is 241 Å². The number of anilines is 1. The fraction of sp³-hybridized carbons (Fsp3) is 0.194. The van der Waals surface area contributed by atoms with Gasteiger partial charge < -0.3 is 14.5 Å². The number of hydrogen-bond donors (Lipinski definition) is 0. The van der Waals surface area contributed by atoms with Crippen molar-refractivity contribution in [3.8, 4) is 23.7 Å². The first-order valence-electron chi connectivity index (χ1n) is 13.0. The van der Waals surface area contributed by atoms with Gasteiger partial charge in [0.15, 0.2) is 5.69 Å². The van der Waals surface area contributed by atoms with E-state index in [-0.39, 0.29) is 29.8 Å². The van der Waals surface area contributed by atoms with Gasteiger partial charge in [0.05, 0.1) is 12.2 Å². The smallest absolute Gasteiger partial charge is 0.275 e. The molecule has 1 atom stereocenters. The number of nitriles is 1. The quantitative estimate of drug-likeness (QED) is 0.353. The van der Waals surface area contributed by atoms with E-state index in [1.807, 2.05) is 36.4 Å². The average Bonchev–Trinajstić information content (AvgIpc) is 3.26. The van der Waals surface area contributed by atoms with Gasteiger partial charge in [0.1, 0.15) is 41.0 Å². The van der Waals surface area contributed by atoms with Crippen LogP contribution in [-0.2, 0) is 17.8 Å². The second-order valence-corrected chi connectivity index (χ2v) is 10.0. The lowest BCUT2D eigenvalue weighted by Crippen LogP contribution is -2.54. The van der Waals surface area contributed by atoms with Crippen molar-refractivity contribution in [3.63, 3.8) is 0 Å². The molecule has 2 aromatic carbocycles. The minimum atomic E-state index is -0.835. The molecule has 0 spiro atoms. The molecule has 0 bridgehead atoms. The van der Waals surface area contributed by atoms with Crippen LogP contribution >= 0.6 is 11.6 Å². The normalized spacial score (nSPS) is 16.1. The van der Waals surface area contributed by atoms with Crippen LogP contribution in [0, 0.1) is 23.2 Å². The summed E-state index contributed by atoms with van der Waals surface area (Å²) < 4.78 is 7.72. The predicted octanol–water partition coefficient (Wildman–Crippen LogP) is 3.67. The van der Waals surface area contributed by atoms with Crippen LogP contribution in [0.4, 0.5) is 5.69 Å². The standard InChI is InChI=1S/C31H23ClN6O3/c1-36-25-13-11-20(10-12-22-8-5-9-23(17-33)34-22)16-27(25)41-19-26(30(36)39)37-15-14-24-28(31(37)40)35-38(29(24)32)18-21-6-3-2-4-7-21/h2-9,11,13,16,26H,14-15,18-19H2,1H3/t26-/m0/s1. The third kappa shape index (κ3) is 5.00. The number of benzene rings is 2. The number of hydrogen-bond acceptors (Lipinski definition) is 6. The minimum absolute atomic E-state index is 0.0155. The highest BCUT2D eigenvalue weighted by Crippen LogP contribution is 2.34. The molecule has 2 aliphatic rings. The molecule has 2 aromatic heterocycles. The second kappa shape index (κ2) is 10.8. The number of nitrogens with zero attached hydrogens (tertiary/aromatic N) is 6. The van der Waals surface area contributed by atoms with Gasteiger partial charge >= 0.3 is 0 Å². The Morgan fingerprint density at radius 2 is 1.85 bits per heavy atom. The molecule has 202 valence electrons. The van der Waals surface area contributed by atoms with E-state index in [1.54, 1.807) is 48.1 Å². The topological polar surface area (TPSA) is 104 Å². The molecule has 6 rings (SSSR count). The van der Waals surface area contributed by atoms with E-state index in [0.717, 1.165) is 5.56 Å². The number of amides is 2. The SMILES string of the molecule is CN1C(=O)[C@@H](N2CCc3c(nn(Cc4ccccc4)c3Cl)C2=O)COc2cc(C#Cc3cccc(C#N)n3)ccc21. The van der Waals surface area contributed by atoms with Crippen molar-refractivity contribution >= 4 is 29.1 Å². The maximum Gasteiger partial charge on any atom is 0.275 e. The summed E-state index contributed by atoms with van der Waals surface area (Å²) in [5.74, 6) is 5.86. The third-order valence-corrected chi connectivity index (χ3v) is 7.56. The molecule has 2 aliphatic heterocycles. The Balaban J connectivity index is 1.22. The Bertz CT molecular complexity index is 1780. The van der Waals surface area contributed by atoms with Crippen LogP contribution in [0.15, 0.2) is 66.7 Å². The largest absolute Gasteiger partial charge is 0.489 e. The van der Waals surface area contributed by atoms with Crippen LogP contribution in [0.1, 0.15) is 38.6 Å². The lowest BCUT2D eigenvalue weighted by Gasteiger charge is -2.33. The summed E-state index contributed by atoms with van der Waals surface area (Å²) in [5.41, 5.74) is 3.97. The number of pyridine rings is 1. The Hall–Kier alpha value is -5.12. The predicted molar refractivity (Wildman–Crippen MR) is 152 cm³/mol. The lowest BCUT2D eigenvalue weighted by molar-refractivity contribution is -0.123. The third-order valence-electron chi connectivity index (χ3n) is 7.13. The monoisotopic (exact) mass is 562 g/mol. The van der Waals surface area contributed by atoms with Crippen LogP contribution < -0.4 is 9.64 Å². The molecule has 0 N–H and O–H groups in total. The molecule has 0 unspecified atom stereocenters. The maximum absolute atomic E-state index is 13.6. The van der Waals surface area contributed by atoms with Crippen molar-refractivity contribution < 1.29 is 14.3 Å². The summed E-state index contributed by atoms with van der Waals surface area (Å²) >= 11 is 6.63. The highest BCUT2D eigenvalue weighted by atomic mass is 35.5. The summed E-state index contributed by atoms with van der Waals surface area (Å²) in [6.07, 6.45) is 0.482. The molecule has 0 saturated heterocycles. The van der Waals surface area contributed by atoms with Gasteiger partial charge in [0, 0.05) is 24.7 Å². The zero-order chi connectivity index (χ0) is 28.5. The molecule has 0 radical (unpaired) electrons. The molecule has 10 heteroatoms. The lowest BCUT2D eigenvalue weighted by atomic mass is 10.0. The average molecular weight is 563 g/mol. The van der Waals surface area contributed by atoms with E-state index in [1.165, 1.54) is 9.80 Å². The van der Waals surface area contributed by atoms with E-state index < -0.39 is 6.04 Å². The summed E-state index contributed by atoms with van der Waals surface area (Å²) in [6.45, 7) is 0.741. The number of rotatable bonds is 3. The number of carbonyl (C=O) groups excluding carboxylic acids is 2. The second-order valence-electron chi connectivity index (χ2n) is 9.69. The van der Waals surface area contributed by atoms with Crippen molar-refractivity contribution in [1.82, 2.24) is 19.7 Å². The van der Waals surface area contributed by atoms with Gasteiger partial charge in [0.2, 0.25) is 0 Å². The summed E-state index contributed by atoms with van der Waals surface area (Å²) in [6, 6.07) is 21.3. The Morgan fingerprint density at radius 1 is 1.05 bits per heavy atom. The first-order chi connectivity index (χ1) is 19.9. The van der Waals surface area contributed by atoms with Gasteiger partial charge in [-0.25, -0.2) is 9.67 Å². The van der Waals surface area contributed by atoms with Crippen LogP contribution in [0.5, 0.6) is 5.75 Å². The summed E-state index contributed by atoms with van der Waals surface area (Å²) in [7, 11) is 1.66. The Kier molecular flexibility index (Phi) is 6.88. The molecule has 4 heterocycles. The van der Waals surface area contributed by atoms with Crippen LogP contribution in [0.25, 0.3) is 0 Å². The number of likely N-dealkylation sites (N-methyl/N-ethyl adjacent to an activating group) is 1. The van der Waals surface area contributed by atoms with Gasteiger partial charge in [-0.2, -0.15) is 10.4 Å². The van der Waals surface area contributed by atoms with Crippen molar-refractivity contribution in [3.05, 3.63) is 106 Å². The van der Waals surface area contributed by atoms with E-state index in [0.29, 0.717) is 52.9 Å². The highest BCUT2D eigenvalue weighted by Gasteiger charge is 2.40. The number of ether oxygens (including phenoxy) is 1. The van der Waals surface area contributed by atoms with Crippen molar-refractivity contribution in [2.24, 2.45) is 0 Å². The van der Waals surface area contributed by atoms with Crippen molar-refractivity contribution in [2.75, 3.05) is 25.1 Å². The van der Waals surface area contributed by atoms with E-state index in [4.69, 9.17) is 21.6 Å². The summed E-state index contributed by atoms with van der Waals surface area (Å²) in [5, 5.41) is 14.0. The fourth-order valence-electron chi connectivity index (χ4n) is 4.99. The first-order valence-corrected chi connectivity index (χ1v) is 13.3. The van der Waals surface area contributed by atoms with Crippen LogP contribution in [-0.4, -0.2) is 57.7 Å². The molecule has 41 heavy (non-hydrogen) atoms. The summed E-state index contributed by atoms with van der Waals surface area (Å²) in [4.78, 5) is 34.4. The van der Waals surface area contributed by atoms with E-state index in [9.17, 15) is 9.59 Å².